The van der Waals surface area contributed by atoms with Crippen LogP contribution in [-0.2, 0) is 27.2 Å². The predicted octanol–water partition coefficient (Wildman–Crippen LogP) is 0.560. The van der Waals surface area contributed by atoms with E-state index in [1.165, 1.54) is 4.90 Å². The number of thiazole rings is 1. The van der Waals surface area contributed by atoms with Gasteiger partial charge in [-0.25, -0.2) is 9.78 Å². The highest BCUT2D eigenvalue weighted by Crippen LogP contribution is 2.13. The molecule has 1 aromatic heterocycles. The molecule has 2 heterocycles. The Morgan fingerprint density at radius 2 is 2.42 bits per heavy atom. The molecule has 0 radical (unpaired) electrons. The number of carbonyl (C=O) groups excluding carboxylic acids is 1. The van der Waals surface area contributed by atoms with E-state index in [9.17, 15) is 9.59 Å². The first-order valence-electron chi connectivity index (χ1n) is 6.15. The molecule has 1 amide bonds. The van der Waals surface area contributed by atoms with E-state index in [4.69, 9.17) is 9.84 Å². The molecule has 1 saturated heterocycles. The molecule has 1 aliphatic rings. The van der Waals surface area contributed by atoms with E-state index in [0.717, 1.165) is 17.1 Å². The van der Waals surface area contributed by atoms with Crippen LogP contribution in [-0.4, -0.2) is 52.7 Å². The number of carbonyl (C=O) groups is 2. The fourth-order valence-electron chi connectivity index (χ4n) is 1.88. The van der Waals surface area contributed by atoms with E-state index in [2.05, 4.69) is 4.98 Å². The molecule has 0 bridgehead atoms. The Hall–Kier alpha value is -1.47. The van der Waals surface area contributed by atoms with Crippen molar-refractivity contribution in [2.24, 2.45) is 0 Å². The fourth-order valence-corrected chi connectivity index (χ4v) is 2.63. The molecule has 2 rings (SSSR count). The summed E-state index contributed by atoms with van der Waals surface area (Å²) in [6.45, 7) is 2.83. The summed E-state index contributed by atoms with van der Waals surface area (Å²) >= 11 is 1.54. The van der Waals surface area contributed by atoms with E-state index in [0.29, 0.717) is 6.54 Å². The maximum Gasteiger partial charge on any atom is 0.334 e. The third kappa shape index (κ3) is 3.51. The molecular weight excluding hydrogens is 268 g/mol. The van der Waals surface area contributed by atoms with E-state index < -0.39 is 12.1 Å². The van der Waals surface area contributed by atoms with Crippen LogP contribution >= 0.6 is 11.3 Å². The number of hydrogen-bond acceptors (Lipinski definition) is 5. The van der Waals surface area contributed by atoms with Gasteiger partial charge in [0.05, 0.1) is 30.3 Å². The van der Waals surface area contributed by atoms with E-state index in [1.807, 2.05) is 12.3 Å². The molecule has 1 aliphatic heterocycles. The van der Waals surface area contributed by atoms with E-state index in [1.54, 1.807) is 11.3 Å². The van der Waals surface area contributed by atoms with Crippen molar-refractivity contribution in [1.82, 2.24) is 9.88 Å². The van der Waals surface area contributed by atoms with Crippen molar-refractivity contribution in [2.45, 2.75) is 25.9 Å². The number of hydrogen-bond donors (Lipinski definition) is 1. The number of nitrogens with zero attached hydrogens (tertiary/aromatic N) is 2. The van der Waals surface area contributed by atoms with Gasteiger partial charge in [0.2, 0.25) is 5.91 Å². The summed E-state index contributed by atoms with van der Waals surface area (Å²) < 4.78 is 5.08. The van der Waals surface area contributed by atoms with Crippen LogP contribution in [0, 0.1) is 0 Å². The summed E-state index contributed by atoms with van der Waals surface area (Å²) in [6.07, 6.45) is 0.166. The van der Waals surface area contributed by atoms with Crippen molar-refractivity contribution in [2.75, 3.05) is 19.7 Å². The lowest BCUT2D eigenvalue weighted by atomic mass is 10.2. The number of morpholine rings is 1. The van der Waals surface area contributed by atoms with Gasteiger partial charge in [-0.15, -0.1) is 11.3 Å². The highest BCUT2D eigenvalue weighted by molar-refractivity contribution is 7.09. The second kappa shape index (κ2) is 6.12. The number of aliphatic carboxylic acids is 1. The Morgan fingerprint density at radius 1 is 1.63 bits per heavy atom. The maximum atomic E-state index is 12.1. The Labute approximate surface area is 115 Å². The molecule has 19 heavy (non-hydrogen) atoms. The van der Waals surface area contributed by atoms with Crippen molar-refractivity contribution in [1.29, 1.82) is 0 Å². The van der Waals surface area contributed by atoms with Gasteiger partial charge in [0.25, 0.3) is 0 Å². The van der Waals surface area contributed by atoms with Gasteiger partial charge >= 0.3 is 5.97 Å². The lowest BCUT2D eigenvalue weighted by molar-refractivity contribution is -0.159. The molecule has 0 aliphatic carbocycles. The molecule has 1 aromatic rings. The molecule has 1 fully saturated rings. The van der Waals surface area contributed by atoms with Gasteiger partial charge in [0.15, 0.2) is 6.10 Å². The molecule has 1 unspecified atom stereocenters. The minimum Gasteiger partial charge on any atom is -0.479 e. The largest absolute Gasteiger partial charge is 0.479 e. The minimum atomic E-state index is -1.03. The molecule has 7 heteroatoms. The summed E-state index contributed by atoms with van der Waals surface area (Å²) in [7, 11) is 0. The topological polar surface area (TPSA) is 79.7 Å². The lowest BCUT2D eigenvalue weighted by Gasteiger charge is -2.30. The van der Waals surface area contributed by atoms with Crippen LogP contribution in [0.5, 0.6) is 0 Å². The molecule has 1 atom stereocenters. The van der Waals surface area contributed by atoms with Crippen LogP contribution in [0.1, 0.15) is 17.6 Å². The van der Waals surface area contributed by atoms with Gasteiger partial charge in [0, 0.05) is 11.9 Å². The monoisotopic (exact) mass is 284 g/mol. The van der Waals surface area contributed by atoms with Crippen LogP contribution in [0.3, 0.4) is 0 Å². The molecule has 1 N–H and O–H groups in total. The first kappa shape index (κ1) is 14.0. The number of amides is 1. The van der Waals surface area contributed by atoms with Crippen molar-refractivity contribution in [3.8, 4) is 0 Å². The SMILES string of the molecule is CCc1nc(CC(=O)N2CCOC(C(=O)O)C2)cs1. The summed E-state index contributed by atoms with van der Waals surface area (Å²) in [4.78, 5) is 28.8. The first-order valence-corrected chi connectivity index (χ1v) is 7.03. The number of carboxylic acid groups (broad SMARTS) is 1. The third-order valence-electron chi connectivity index (χ3n) is 2.93. The van der Waals surface area contributed by atoms with E-state index in [-0.39, 0.29) is 25.5 Å². The first-order chi connectivity index (χ1) is 9.10. The third-order valence-corrected chi connectivity index (χ3v) is 3.97. The van der Waals surface area contributed by atoms with Crippen molar-refractivity contribution >= 4 is 23.2 Å². The lowest BCUT2D eigenvalue weighted by Crippen LogP contribution is -2.49. The molecular formula is C12H16N2O4S. The highest BCUT2D eigenvalue weighted by atomic mass is 32.1. The van der Waals surface area contributed by atoms with Crippen molar-refractivity contribution in [3.63, 3.8) is 0 Å². The Bertz CT molecular complexity index is 474. The standard InChI is InChI=1S/C12H16N2O4S/c1-2-10-13-8(7-19-10)5-11(15)14-3-4-18-9(6-14)12(16)17/h7,9H,2-6H2,1H3,(H,16,17). The maximum absolute atomic E-state index is 12.1. The molecule has 0 spiro atoms. The van der Waals surface area contributed by atoms with Gasteiger partial charge in [-0.1, -0.05) is 6.92 Å². The minimum absolute atomic E-state index is 0.0949. The summed E-state index contributed by atoms with van der Waals surface area (Å²) in [5, 5.41) is 11.8. The summed E-state index contributed by atoms with van der Waals surface area (Å²) in [6, 6.07) is 0. The highest BCUT2D eigenvalue weighted by Gasteiger charge is 2.29. The van der Waals surface area contributed by atoms with Crippen LogP contribution in [0.15, 0.2) is 5.38 Å². The second-order valence-corrected chi connectivity index (χ2v) is 5.24. The van der Waals surface area contributed by atoms with Gasteiger partial charge < -0.3 is 14.7 Å². The number of aryl methyl sites for hydroxylation is 1. The quantitative estimate of drug-likeness (QED) is 0.874. The Kier molecular flexibility index (Phi) is 4.49. The summed E-state index contributed by atoms with van der Waals surface area (Å²) in [5.74, 6) is -1.12. The normalized spacial score (nSPS) is 19.4. The van der Waals surface area contributed by atoms with Gasteiger partial charge in [0.1, 0.15) is 0 Å². The molecule has 0 aromatic carbocycles. The van der Waals surface area contributed by atoms with Crippen molar-refractivity contribution in [3.05, 3.63) is 16.1 Å². The molecule has 6 nitrogen and oxygen atoms in total. The van der Waals surface area contributed by atoms with Crippen LogP contribution < -0.4 is 0 Å². The van der Waals surface area contributed by atoms with E-state index >= 15 is 0 Å². The zero-order valence-electron chi connectivity index (χ0n) is 10.7. The van der Waals surface area contributed by atoms with Gasteiger partial charge in [-0.2, -0.15) is 0 Å². The van der Waals surface area contributed by atoms with Gasteiger partial charge in [-0.3, -0.25) is 4.79 Å². The predicted molar refractivity (Wildman–Crippen MR) is 69.2 cm³/mol. The average molecular weight is 284 g/mol. The Balaban J connectivity index is 1.93. The molecule has 104 valence electrons. The van der Waals surface area contributed by atoms with Crippen LogP contribution in [0.2, 0.25) is 0 Å². The zero-order chi connectivity index (χ0) is 13.8. The Morgan fingerprint density at radius 3 is 3.05 bits per heavy atom. The zero-order valence-corrected chi connectivity index (χ0v) is 11.5. The number of rotatable bonds is 4. The molecule has 0 saturated carbocycles. The van der Waals surface area contributed by atoms with Gasteiger partial charge in [-0.05, 0) is 6.42 Å². The second-order valence-electron chi connectivity index (χ2n) is 4.30. The summed E-state index contributed by atoms with van der Waals surface area (Å²) in [5.41, 5.74) is 0.755. The average Bonchev–Trinajstić information content (AvgIpc) is 2.86. The van der Waals surface area contributed by atoms with Crippen LogP contribution in [0.4, 0.5) is 0 Å². The number of ether oxygens (including phenoxy) is 1. The smallest absolute Gasteiger partial charge is 0.334 e. The van der Waals surface area contributed by atoms with Crippen molar-refractivity contribution < 1.29 is 19.4 Å². The van der Waals surface area contributed by atoms with Crippen LogP contribution in [0.25, 0.3) is 0 Å². The number of carboxylic acids is 1. The number of aromatic nitrogens is 1. The fraction of sp³-hybridized carbons (Fsp3) is 0.583.